The SMILES string of the molecule is Cc1onc2c1N(CCCOc1ccccc1)C(=O)COC2(C)c1ccccc1. The van der Waals surface area contributed by atoms with Gasteiger partial charge in [0.25, 0.3) is 5.91 Å². The molecular weight excluding hydrogens is 368 g/mol. The van der Waals surface area contributed by atoms with Crippen molar-refractivity contribution < 1.29 is 18.8 Å². The van der Waals surface area contributed by atoms with Crippen molar-refractivity contribution in [1.82, 2.24) is 5.16 Å². The first-order valence-electron chi connectivity index (χ1n) is 9.74. The number of benzene rings is 2. The molecule has 1 amide bonds. The van der Waals surface area contributed by atoms with Gasteiger partial charge in [0, 0.05) is 6.54 Å². The van der Waals surface area contributed by atoms with E-state index < -0.39 is 5.60 Å². The minimum Gasteiger partial charge on any atom is -0.494 e. The van der Waals surface area contributed by atoms with Gasteiger partial charge in [-0.2, -0.15) is 0 Å². The maximum absolute atomic E-state index is 12.9. The lowest BCUT2D eigenvalue weighted by molar-refractivity contribution is -0.127. The maximum atomic E-state index is 12.9. The summed E-state index contributed by atoms with van der Waals surface area (Å²) in [6.45, 7) is 4.72. The molecule has 0 fully saturated rings. The quantitative estimate of drug-likeness (QED) is 0.592. The summed E-state index contributed by atoms with van der Waals surface area (Å²) in [5.74, 6) is 1.30. The van der Waals surface area contributed by atoms with Crippen LogP contribution in [0.15, 0.2) is 65.2 Å². The Morgan fingerprint density at radius 3 is 2.52 bits per heavy atom. The number of para-hydroxylation sites is 1. The highest BCUT2D eigenvalue weighted by molar-refractivity contribution is 5.96. The summed E-state index contributed by atoms with van der Waals surface area (Å²) in [7, 11) is 0. The monoisotopic (exact) mass is 392 g/mol. The van der Waals surface area contributed by atoms with Gasteiger partial charge >= 0.3 is 0 Å². The molecule has 0 saturated heterocycles. The Balaban J connectivity index is 1.56. The summed E-state index contributed by atoms with van der Waals surface area (Å²) in [5, 5.41) is 4.28. The highest BCUT2D eigenvalue weighted by Crippen LogP contribution is 2.42. The number of hydrogen-bond donors (Lipinski definition) is 0. The zero-order valence-corrected chi connectivity index (χ0v) is 16.6. The molecule has 6 nitrogen and oxygen atoms in total. The van der Waals surface area contributed by atoms with Gasteiger partial charge in [-0.15, -0.1) is 0 Å². The Labute approximate surface area is 170 Å². The fourth-order valence-corrected chi connectivity index (χ4v) is 3.62. The molecule has 3 aromatic rings. The van der Waals surface area contributed by atoms with E-state index in [0.717, 1.165) is 11.3 Å². The summed E-state index contributed by atoms with van der Waals surface area (Å²) >= 11 is 0. The molecule has 0 N–H and O–H groups in total. The van der Waals surface area contributed by atoms with Crippen LogP contribution in [0.1, 0.15) is 30.4 Å². The first-order valence-corrected chi connectivity index (χ1v) is 9.74. The van der Waals surface area contributed by atoms with Crippen LogP contribution in [-0.2, 0) is 15.1 Å². The van der Waals surface area contributed by atoms with E-state index in [1.54, 1.807) is 4.90 Å². The topological polar surface area (TPSA) is 64.8 Å². The fraction of sp³-hybridized carbons (Fsp3) is 0.304. The Morgan fingerprint density at radius 2 is 1.79 bits per heavy atom. The van der Waals surface area contributed by atoms with Crippen LogP contribution in [0.25, 0.3) is 0 Å². The number of fused-ring (bicyclic) bond motifs is 1. The molecule has 2 aromatic carbocycles. The van der Waals surface area contributed by atoms with Crippen LogP contribution in [0.5, 0.6) is 5.75 Å². The van der Waals surface area contributed by atoms with Crippen LogP contribution in [-0.4, -0.2) is 30.8 Å². The van der Waals surface area contributed by atoms with E-state index >= 15 is 0 Å². The fourth-order valence-electron chi connectivity index (χ4n) is 3.62. The van der Waals surface area contributed by atoms with Gasteiger partial charge in [-0.05, 0) is 38.0 Å². The number of hydrogen-bond acceptors (Lipinski definition) is 5. The van der Waals surface area contributed by atoms with Crippen LogP contribution in [0.2, 0.25) is 0 Å². The maximum Gasteiger partial charge on any atom is 0.253 e. The third-order valence-electron chi connectivity index (χ3n) is 5.20. The summed E-state index contributed by atoms with van der Waals surface area (Å²) < 4.78 is 17.3. The largest absolute Gasteiger partial charge is 0.494 e. The number of rotatable bonds is 6. The average molecular weight is 392 g/mol. The van der Waals surface area contributed by atoms with Crippen molar-refractivity contribution in [3.05, 3.63) is 77.7 Å². The number of aromatic nitrogens is 1. The Hall–Kier alpha value is -3.12. The lowest BCUT2D eigenvalue weighted by Crippen LogP contribution is -2.34. The third-order valence-corrected chi connectivity index (χ3v) is 5.20. The highest BCUT2D eigenvalue weighted by Gasteiger charge is 2.42. The predicted molar refractivity (Wildman–Crippen MR) is 109 cm³/mol. The van der Waals surface area contributed by atoms with Crippen LogP contribution < -0.4 is 9.64 Å². The third kappa shape index (κ3) is 3.76. The molecule has 4 rings (SSSR count). The number of nitrogens with zero attached hydrogens (tertiary/aromatic N) is 2. The zero-order chi connectivity index (χ0) is 20.3. The van der Waals surface area contributed by atoms with E-state index in [-0.39, 0.29) is 12.5 Å². The summed E-state index contributed by atoms with van der Waals surface area (Å²) in [4.78, 5) is 14.6. The van der Waals surface area contributed by atoms with Crippen molar-refractivity contribution in [2.75, 3.05) is 24.7 Å². The first kappa shape index (κ1) is 19.2. The molecule has 1 atom stereocenters. The second-order valence-electron chi connectivity index (χ2n) is 7.18. The Morgan fingerprint density at radius 1 is 1.10 bits per heavy atom. The standard InChI is InChI=1S/C23H24N2O4/c1-17-21-22(24-29-17)23(2,18-10-5-3-6-11-18)28-16-20(26)25(21)14-9-15-27-19-12-7-4-8-13-19/h3-8,10-13H,9,14-16H2,1-2H3. The van der Waals surface area contributed by atoms with E-state index in [2.05, 4.69) is 5.16 Å². The van der Waals surface area contributed by atoms with Gasteiger partial charge in [-0.25, -0.2) is 0 Å². The molecule has 0 aliphatic carbocycles. The second kappa shape index (κ2) is 8.09. The van der Waals surface area contributed by atoms with Crippen LogP contribution in [0.3, 0.4) is 0 Å². The van der Waals surface area contributed by atoms with Crippen molar-refractivity contribution in [3.63, 3.8) is 0 Å². The number of carbonyl (C=O) groups is 1. The highest BCUT2D eigenvalue weighted by atomic mass is 16.5. The number of aryl methyl sites for hydroxylation is 1. The average Bonchev–Trinajstić information content (AvgIpc) is 3.10. The smallest absolute Gasteiger partial charge is 0.253 e. The summed E-state index contributed by atoms with van der Waals surface area (Å²) in [5.41, 5.74) is 1.38. The molecule has 2 heterocycles. The Bertz CT molecular complexity index is 971. The summed E-state index contributed by atoms with van der Waals surface area (Å²) in [6, 6.07) is 19.4. The van der Waals surface area contributed by atoms with Gasteiger partial charge in [0.1, 0.15) is 29.3 Å². The number of carbonyl (C=O) groups excluding carboxylic acids is 1. The van der Waals surface area contributed by atoms with E-state index in [4.69, 9.17) is 14.0 Å². The van der Waals surface area contributed by atoms with E-state index in [9.17, 15) is 4.79 Å². The molecule has 6 heteroatoms. The van der Waals surface area contributed by atoms with Gasteiger partial charge in [0.05, 0.1) is 6.61 Å². The molecule has 1 aromatic heterocycles. The molecule has 0 bridgehead atoms. The number of anilines is 1. The van der Waals surface area contributed by atoms with Crippen molar-refractivity contribution in [3.8, 4) is 5.75 Å². The van der Waals surface area contributed by atoms with Crippen molar-refractivity contribution in [2.45, 2.75) is 25.9 Å². The lowest BCUT2D eigenvalue weighted by atomic mass is 9.91. The number of ether oxygens (including phenoxy) is 2. The van der Waals surface area contributed by atoms with E-state index in [1.165, 1.54) is 0 Å². The molecule has 1 aliphatic rings. The van der Waals surface area contributed by atoms with E-state index in [0.29, 0.717) is 36.7 Å². The number of amides is 1. The molecule has 150 valence electrons. The molecule has 29 heavy (non-hydrogen) atoms. The molecule has 0 radical (unpaired) electrons. The van der Waals surface area contributed by atoms with Gasteiger partial charge in [-0.1, -0.05) is 53.7 Å². The van der Waals surface area contributed by atoms with Gasteiger partial charge in [0.15, 0.2) is 5.76 Å². The minimum absolute atomic E-state index is 0.0270. The van der Waals surface area contributed by atoms with Crippen molar-refractivity contribution >= 4 is 11.6 Å². The van der Waals surface area contributed by atoms with Crippen LogP contribution in [0.4, 0.5) is 5.69 Å². The van der Waals surface area contributed by atoms with Crippen molar-refractivity contribution in [1.29, 1.82) is 0 Å². The molecular formula is C23H24N2O4. The normalized spacial score (nSPS) is 19.0. The zero-order valence-electron chi connectivity index (χ0n) is 16.6. The minimum atomic E-state index is -0.862. The first-order chi connectivity index (χ1) is 14.1. The van der Waals surface area contributed by atoms with E-state index in [1.807, 2.05) is 74.5 Å². The van der Waals surface area contributed by atoms with Gasteiger partial charge in [0.2, 0.25) is 0 Å². The van der Waals surface area contributed by atoms with Gasteiger partial charge in [-0.3, -0.25) is 4.79 Å². The molecule has 0 saturated carbocycles. The molecule has 0 spiro atoms. The molecule has 1 unspecified atom stereocenters. The summed E-state index contributed by atoms with van der Waals surface area (Å²) in [6.07, 6.45) is 0.673. The lowest BCUT2D eigenvalue weighted by Gasteiger charge is -2.27. The molecule has 1 aliphatic heterocycles. The van der Waals surface area contributed by atoms with Crippen LogP contribution in [0, 0.1) is 6.92 Å². The second-order valence-corrected chi connectivity index (χ2v) is 7.18. The Kier molecular flexibility index (Phi) is 5.36. The van der Waals surface area contributed by atoms with Crippen molar-refractivity contribution in [2.24, 2.45) is 0 Å². The van der Waals surface area contributed by atoms with Crippen LogP contribution >= 0.6 is 0 Å². The predicted octanol–water partition coefficient (Wildman–Crippen LogP) is 4.08. The van der Waals surface area contributed by atoms with Gasteiger partial charge < -0.3 is 18.9 Å².